The summed E-state index contributed by atoms with van der Waals surface area (Å²) >= 11 is 0. The summed E-state index contributed by atoms with van der Waals surface area (Å²) in [6, 6.07) is 6.24. The first-order valence-electron chi connectivity index (χ1n) is 3.59. The molecule has 0 amide bonds. The van der Waals surface area contributed by atoms with Crippen molar-refractivity contribution >= 4 is 0 Å². The van der Waals surface area contributed by atoms with E-state index in [0.29, 0.717) is 6.54 Å². The lowest BCUT2D eigenvalue weighted by Crippen LogP contribution is -2.03. The van der Waals surface area contributed by atoms with Gasteiger partial charge in [0.15, 0.2) is 0 Å². The molecule has 3 nitrogen and oxygen atoms in total. The first kappa shape index (κ1) is 8.64. The number of rotatable bonds is 3. The summed E-state index contributed by atoms with van der Waals surface area (Å²) < 4.78 is 12.4. The van der Waals surface area contributed by atoms with Gasteiger partial charge in [0.25, 0.3) is 0 Å². The molecule has 1 aromatic rings. The average Bonchev–Trinajstić information content (AvgIpc) is 2.09. The Hall–Kier alpha value is -1.45. The zero-order valence-corrected chi connectivity index (χ0v) is 6.79. The van der Waals surface area contributed by atoms with Crippen LogP contribution in [0.5, 0.6) is 0 Å². The second kappa shape index (κ2) is 4.43. The molecule has 0 atom stereocenters. The minimum Gasteiger partial charge on any atom is -0.287 e. The van der Waals surface area contributed by atoms with Gasteiger partial charge in [-0.15, -0.1) is 0 Å². The number of nitrogens with one attached hydrogen (secondary N) is 1. The van der Waals surface area contributed by atoms with E-state index in [2.05, 4.69) is 15.8 Å². The Morgan fingerprint density at radius 3 is 2.58 bits per heavy atom. The summed E-state index contributed by atoms with van der Waals surface area (Å²) in [4.78, 5) is 0. The largest absolute Gasteiger partial charge is 0.287 e. The van der Waals surface area contributed by atoms with Gasteiger partial charge in [0.2, 0.25) is 0 Å². The van der Waals surface area contributed by atoms with Gasteiger partial charge in [-0.25, -0.2) is 4.39 Å². The second-order valence-corrected chi connectivity index (χ2v) is 2.26. The van der Waals surface area contributed by atoms with Crippen molar-refractivity contribution in [2.24, 2.45) is 10.3 Å². The van der Waals surface area contributed by atoms with Crippen molar-refractivity contribution in [2.45, 2.75) is 6.54 Å². The molecule has 0 saturated heterocycles. The number of benzene rings is 1. The zero-order chi connectivity index (χ0) is 8.81. The minimum absolute atomic E-state index is 0.226. The van der Waals surface area contributed by atoms with E-state index >= 15 is 0 Å². The fourth-order valence-corrected chi connectivity index (χ4v) is 0.800. The molecule has 0 unspecified atom stereocenters. The maximum Gasteiger partial charge on any atom is 0.123 e. The molecule has 1 aromatic carbocycles. The molecule has 1 N–H and O–H groups in total. The lowest BCUT2D eigenvalue weighted by atomic mass is 10.2. The van der Waals surface area contributed by atoms with Crippen LogP contribution in [0, 0.1) is 5.82 Å². The number of hydrogen-bond acceptors (Lipinski definition) is 2. The summed E-state index contributed by atoms with van der Waals surface area (Å²) in [5, 5.41) is 7.08. The smallest absolute Gasteiger partial charge is 0.123 e. The molecule has 0 aromatic heterocycles. The Labute approximate surface area is 70.3 Å². The summed E-state index contributed by atoms with van der Waals surface area (Å²) in [6.07, 6.45) is 0. The molecule has 12 heavy (non-hydrogen) atoms. The topological polar surface area (TPSA) is 36.8 Å². The number of nitrogens with zero attached hydrogens (tertiary/aromatic N) is 2. The van der Waals surface area contributed by atoms with Crippen LogP contribution in [0.4, 0.5) is 4.39 Å². The molecule has 0 aliphatic rings. The van der Waals surface area contributed by atoms with E-state index in [1.54, 1.807) is 19.2 Å². The van der Waals surface area contributed by atoms with E-state index < -0.39 is 0 Å². The minimum atomic E-state index is -0.226. The Balaban J connectivity index is 2.47. The van der Waals surface area contributed by atoms with Crippen LogP contribution in [-0.4, -0.2) is 7.05 Å². The molecule has 0 spiro atoms. The highest BCUT2D eigenvalue weighted by molar-refractivity contribution is 5.15. The van der Waals surface area contributed by atoms with Crippen LogP contribution >= 0.6 is 0 Å². The molecule has 0 fully saturated rings. The normalized spacial score (nSPS) is 10.5. The van der Waals surface area contributed by atoms with Gasteiger partial charge in [0.1, 0.15) is 5.82 Å². The fourth-order valence-electron chi connectivity index (χ4n) is 0.800. The maximum atomic E-state index is 12.4. The third kappa shape index (κ3) is 2.65. The molecular weight excluding hydrogens is 157 g/mol. The molecule has 64 valence electrons. The number of hydrogen-bond donors (Lipinski definition) is 1. The van der Waals surface area contributed by atoms with Crippen molar-refractivity contribution in [3.05, 3.63) is 35.6 Å². The summed E-state index contributed by atoms with van der Waals surface area (Å²) in [6.45, 7) is 0.567. The highest BCUT2D eigenvalue weighted by atomic mass is 19.1. The molecule has 0 bridgehead atoms. The van der Waals surface area contributed by atoms with Crippen LogP contribution in [0.2, 0.25) is 0 Å². The van der Waals surface area contributed by atoms with Crippen molar-refractivity contribution in [1.82, 2.24) is 5.43 Å². The molecule has 0 saturated carbocycles. The summed E-state index contributed by atoms with van der Waals surface area (Å²) in [5.74, 6) is -0.226. The first-order valence-corrected chi connectivity index (χ1v) is 3.59. The van der Waals surface area contributed by atoms with Gasteiger partial charge in [-0.1, -0.05) is 17.4 Å². The van der Waals surface area contributed by atoms with E-state index in [9.17, 15) is 4.39 Å². The molecule has 0 heterocycles. The molecule has 0 radical (unpaired) electrons. The highest BCUT2D eigenvalue weighted by Crippen LogP contribution is 2.01. The van der Waals surface area contributed by atoms with E-state index in [1.807, 2.05) is 0 Å². The van der Waals surface area contributed by atoms with Gasteiger partial charge in [-0.3, -0.25) is 5.43 Å². The fraction of sp³-hybridized carbons (Fsp3) is 0.250. The third-order valence-electron chi connectivity index (χ3n) is 1.37. The van der Waals surface area contributed by atoms with Crippen molar-refractivity contribution in [3.63, 3.8) is 0 Å². The Morgan fingerprint density at radius 1 is 1.33 bits per heavy atom. The van der Waals surface area contributed by atoms with Crippen LogP contribution < -0.4 is 5.43 Å². The van der Waals surface area contributed by atoms with E-state index in [-0.39, 0.29) is 5.82 Å². The Bertz CT molecular complexity index is 256. The van der Waals surface area contributed by atoms with Crippen LogP contribution in [0.25, 0.3) is 0 Å². The molecule has 0 aliphatic carbocycles. The maximum absolute atomic E-state index is 12.4. The van der Waals surface area contributed by atoms with E-state index in [0.717, 1.165) is 5.56 Å². The molecule has 0 aliphatic heterocycles. The third-order valence-corrected chi connectivity index (χ3v) is 1.37. The standard InChI is InChI=1S/C8H10FN3/c1-10-12-11-6-7-2-4-8(9)5-3-7/h2-5H,6H2,1H3,(H,10,11). The lowest BCUT2D eigenvalue weighted by molar-refractivity contribution is 0.625. The van der Waals surface area contributed by atoms with Crippen LogP contribution in [0.3, 0.4) is 0 Å². The summed E-state index contributed by atoms with van der Waals surface area (Å²) in [5.41, 5.74) is 3.68. The number of halogens is 1. The van der Waals surface area contributed by atoms with Crippen molar-refractivity contribution in [3.8, 4) is 0 Å². The zero-order valence-electron chi connectivity index (χ0n) is 6.79. The predicted octanol–water partition coefficient (Wildman–Crippen LogP) is 1.91. The summed E-state index contributed by atoms with van der Waals surface area (Å²) in [7, 11) is 1.58. The quantitative estimate of drug-likeness (QED) is 0.541. The van der Waals surface area contributed by atoms with Crippen LogP contribution in [-0.2, 0) is 6.54 Å². The van der Waals surface area contributed by atoms with Crippen molar-refractivity contribution in [1.29, 1.82) is 0 Å². The average molecular weight is 167 g/mol. The lowest BCUT2D eigenvalue weighted by Gasteiger charge is -1.98. The SMILES string of the molecule is CN=NNCc1ccc(F)cc1. The Kier molecular flexibility index (Phi) is 3.19. The van der Waals surface area contributed by atoms with E-state index in [1.165, 1.54) is 12.1 Å². The van der Waals surface area contributed by atoms with Gasteiger partial charge in [-0.2, -0.15) is 5.11 Å². The predicted molar refractivity (Wildman–Crippen MR) is 44.0 cm³/mol. The monoisotopic (exact) mass is 167 g/mol. The van der Waals surface area contributed by atoms with E-state index in [4.69, 9.17) is 0 Å². The molecule has 1 rings (SSSR count). The van der Waals surface area contributed by atoms with Gasteiger partial charge < -0.3 is 0 Å². The second-order valence-electron chi connectivity index (χ2n) is 2.26. The molecule has 4 heteroatoms. The molecular formula is C8H10FN3. The van der Waals surface area contributed by atoms with Gasteiger partial charge >= 0.3 is 0 Å². The van der Waals surface area contributed by atoms with Crippen LogP contribution in [0.1, 0.15) is 5.56 Å². The van der Waals surface area contributed by atoms with Crippen molar-refractivity contribution < 1.29 is 4.39 Å². The van der Waals surface area contributed by atoms with Gasteiger partial charge in [0, 0.05) is 0 Å². The Morgan fingerprint density at radius 2 is 2.00 bits per heavy atom. The van der Waals surface area contributed by atoms with Crippen molar-refractivity contribution in [2.75, 3.05) is 7.05 Å². The van der Waals surface area contributed by atoms with Gasteiger partial charge in [-0.05, 0) is 17.7 Å². The first-order chi connectivity index (χ1) is 5.83. The highest BCUT2D eigenvalue weighted by Gasteiger charge is 1.91. The van der Waals surface area contributed by atoms with Crippen LogP contribution in [0.15, 0.2) is 34.6 Å². The van der Waals surface area contributed by atoms with Gasteiger partial charge in [0.05, 0.1) is 13.6 Å².